The number of aliphatic hydroxyl groups excluding tert-OH is 1. The molecule has 2 N–H and O–H groups in total. The van der Waals surface area contributed by atoms with E-state index in [0.29, 0.717) is 13.0 Å². The third kappa shape index (κ3) is 3.70. The Kier molecular flexibility index (Phi) is 5.39. The van der Waals surface area contributed by atoms with E-state index in [1.54, 1.807) is 0 Å². The van der Waals surface area contributed by atoms with Crippen LogP contribution < -0.4 is 5.32 Å². The first-order valence-electron chi connectivity index (χ1n) is 8.97. The number of carbonyl (C=O) groups excluding carboxylic acids is 2. The zero-order chi connectivity index (χ0) is 17.9. The second-order valence-electron chi connectivity index (χ2n) is 7.12. The van der Waals surface area contributed by atoms with E-state index in [4.69, 9.17) is 4.74 Å². The first-order valence-corrected chi connectivity index (χ1v) is 8.97. The molecule has 0 aromatic heterocycles. The molecule has 6 heteroatoms. The summed E-state index contributed by atoms with van der Waals surface area (Å²) in [5, 5.41) is 13.1. The average molecular weight is 346 g/mol. The van der Waals surface area contributed by atoms with E-state index in [1.807, 2.05) is 37.3 Å². The maximum Gasteiger partial charge on any atom is 0.325 e. The normalized spacial score (nSPS) is 27.6. The maximum absolute atomic E-state index is 12.8. The Labute approximate surface area is 148 Å². The second kappa shape index (κ2) is 7.54. The lowest BCUT2D eigenvalue weighted by Gasteiger charge is -2.36. The Morgan fingerprint density at radius 1 is 1.32 bits per heavy atom. The first-order chi connectivity index (χ1) is 12.0. The van der Waals surface area contributed by atoms with Gasteiger partial charge in [-0.15, -0.1) is 0 Å². The molecule has 25 heavy (non-hydrogen) atoms. The molecule has 3 atom stereocenters. The van der Waals surface area contributed by atoms with E-state index in [9.17, 15) is 14.7 Å². The number of nitrogens with zero attached hydrogens (tertiary/aromatic N) is 1. The van der Waals surface area contributed by atoms with E-state index >= 15 is 0 Å². The van der Waals surface area contributed by atoms with Gasteiger partial charge < -0.3 is 15.2 Å². The lowest BCUT2D eigenvalue weighted by Crippen LogP contribution is -2.54. The number of carbonyl (C=O) groups is 2. The number of ether oxygens (including phenoxy) is 1. The molecule has 3 amide bonds. The van der Waals surface area contributed by atoms with E-state index in [0.717, 1.165) is 29.7 Å². The van der Waals surface area contributed by atoms with Crippen LogP contribution in [0.5, 0.6) is 0 Å². The van der Waals surface area contributed by atoms with E-state index < -0.39 is 17.7 Å². The van der Waals surface area contributed by atoms with Crippen molar-refractivity contribution in [2.24, 2.45) is 5.92 Å². The van der Waals surface area contributed by atoms with Crippen LogP contribution in [0, 0.1) is 5.92 Å². The largest absolute Gasteiger partial charge is 0.389 e. The van der Waals surface area contributed by atoms with Gasteiger partial charge in [-0.2, -0.15) is 0 Å². The van der Waals surface area contributed by atoms with Gasteiger partial charge in [0, 0.05) is 0 Å². The fraction of sp³-hybridized carbons (Fsp3) is 0.579. The molecule has 1 saturated heterocycles. The van der Waals surface area contributed by atoms with Crippen molar-refractivity contribution in [3.8, 4) is 0 Å². The monoisotopic (exact) mass is 346 g/mol. The molecule has 1 aliphatic carbocycles. The number of β-amino-alcohol motifs (C(OH)–C–C–N with tert-alkyl or cyclic N) is 1. The minimum absolute atomic E-state index is 0.0338. The molecule has 1 aromatic rings. The standard InChI is InChI=1S/C19H26N2O4/c1-14-7-5-6-10-19(14)17(23)21(18(24)20-19)11-16(22)13-25-12-15-8-3-2-4-9-15/h2-4,8-9,14,16,22H,5-7,10-13H2,1H3,(H,20,24)/t14-,16-,19-/m1/s1. The molecule has 136 valence electrons. The molecule has 1 aliphatic heterocycles. The zero-order valence-corrected chi connectivity index (χ0v) is 14.6. The summed E-state index contributed by atoms with van der Waals surface area (Å²) in [6.07, 6.45) is 2.74. The first kappa shape index (κ1) is 17.9. The molecule has 1 spiro atoms. The van der Waals surface area contributed by atoms with Gasteiger partial charge in [0.15, 0.2) is 0 Å². The molecule has 2 aliphatic rings. The van der Waals surface area contributed by atoms with E-state index in [1.165, 1.54) is 0 Å². The van der Waals surface area contributed by atoms with Gasteiger partial charge in [0.25, 0.3) is 5.91 Å². The number of rotatable bonds is 6. The highest BCUT2D eigenvalue weighted by Gasteiger charge is 2.54. The van der Waals surface area contributed by atoms with Gasteiger partial charge in [-0.25, -0.2) is 4.79 Å². The minimum atomic E-state index is -0.896. The number of hydrogen-bond donors (Lipinski definition) is 2. The predicted octanol–water partition coefficient (Wildman–Crippen LogP) is 2.06. The smallest absolute Gasteiger partial charge is 0.325 e. The molecule has 1 aromatic carbocycles. The van der Waals surface area contributed by atoms with Crippen LogP contribution in [-0.2, 0) is 16.1 Å². The Bertz CT molecular complexity index is 621. The number of nitrogens with one attached hydrogen (secondary N) is 1. The Hall–Kier alpha value is -1.92. The lowest BCUT2D eigenvalue weighted by molar-refractivity contribution is -0.135. The number of hydrogen-bond acceptors (Lipinski definition) is 4. The summed E-state index contributed by atoms with van der Waals surface area (Å²) in [6.45, 7) is 2.45. The number of aliphatic hydroxyl groups is 1. The molecule has 1 heterocycles. The second-order valence-corrected chi connectivity index (χ2v) is 7.12. The Morgan fingerprint density at radius 2 is 2.08 bits per heavy atom. The molecule has 1 saturated carbocycles. The van der Waals surface area contributed by atoms with Crippen LogP contribution >= 0.6 is 0 Å². The number of amides is 3. The summed E-state index contributed by atoms with van der Waals surface area (Å²) < 4.78 is 5.50. The molecule has 6 nitrogen and oxygen atoms in total. The number of imide groups is 1. The van der Waals surface area contributed by atoms with Gasteiger partial charge in [-0.05, 0) is 24.3 Å². The Morgan fingerprint density at radius 3 is 2.80 bits per heavy atom. The fourth-order valence-electron chi connectivity index (χ4n) is 3.81. The summed E-state index contributed by atoms with van der Waals surface area (Å²) in [4.78, 5) is 26.3. The van der Waals surface area contributed by atoms with Crippen molar-refractivity contribution in [1.29, 1.82) is 0 Å². The zero-order valence-electron chi connectivity index (χ0n) is 14.6. The summed E-state index contributed by atoms with van der Waals surface area (Å²) >= 11 is 0. The van der Waals surface area contributed by atoms with E-state index in [2.05, 4.69) is 5.32 Å². The summed E-state index contributed by atoms with van der Waals surface area (Å²) in [5.41, 5.74) is 0.236. The van der Waals surface area contributed by atoms with Gasteiger partial charge >= 0.3 is 6.03 Å². The Balaban J connectivity index is 1.53. The minimum Gasteiger partial charge on any atom is -0.389 e. The van der Waals surface area contributed by atoms with Crippen LogP contribution in [-0.4, -0.2) is 46.7 Å². The SMILES string of the molecule is C[C@@H]1CCCC[C@@]12NC(=O)N(C[C@@H](O)COCc1ccccc1)C2=O. The van der Waals surface area contributed by atoms with Gasteiger partial charge in [-0.1, -0.05) is 50.1 Å². The van der Waals surface area contributed by atoms with Crippen LogP contribution in [0.15, 0.2) is 30.3 Å². The molecule has 0 unspecified atom stereocenters. The van der Waals surface area contributed by atoms with Gasteiger partial charge in [-0.3, -0.25) is 9.69 Å². The van der Waals surface area contributed by atoms with E-state index in [-0.39, 0.29) is 25.0 Å². The summed E-state index contributed by atoms with van der Waals surface area (Å²) in [6, 6.07) is 9.26. The highest BCUT2D eigenvalue weighted by atomic mass is 16.5. The van der Waals surface area contributed by atoms with Crippen molar-refractivity contribution >= 4 is 11.9 Å². The third-order valence-electron chi connectivity index (χ3n) is 5.32. The van der Waals surface area contributed by atoms with Crippen molar-refractivity contribution in [3.63, 3.8) is 0 Å². The molecule has 2 fully saturated rings. The molecule has 0 radical (unpaired) electrons. The van der Waals surface area contributed by atoms with Crippen molar-refractivity contribution in [2.75, 3.05) is 13.2 Å². The van der Waals surface area contributed by atoms with Crippen molar-refractivity contribution in [3.05, 3.63) is 35.9 Å². The van der Waals surface area contributed by atoms with Crippen molar-refractivity contribution in [2.45, 2.75) is 50.9 Å². The van der Waals surface area contributed by atoms with Gasteiger partial charge in [0.05, 0.1) is 25.9 Å². The van der Waals surface area contributed by atoms with Gasteiger partial charge in [0.2, 0.25) is 0 Å². The van der Waals surface area contributed by atoms with Crippen LogP contribution in [0.25, 0.3) is 0 Å². The predicted molar refractivity (Wildman–Crippen MR) is 92.7 cm³/mol. The van der Waals surface area contributed by atoms with Crippen LogP contribution in [0.1, 0.15) is 38.2 Å². The average Bonchev–Trinajstić information content (AvgIpc) is 2.84. The third-order valence-corrected chi connectivity index (χ3v) is 5.32. The lowest BCUT2D eigenvalue weighted by atomic mass is 9.73. The van der Waals surface area contributed by atoms with Crippen LogP contribution in [0.2, 0.25) is 0 Å². The highest BCUT2D eigenvalue weighted by Crippen LogP contribution is 2.38. The number of urea groups is 1. The molecule has 0 bridgehead atoms. The van der Waals surface area contributed by atoms with Crippen molar-refractivity contribution < 1.29 is 19.4 Å². The fourth-order valence-corrected chi connectivity index (χ4v) is 3.81. The summed E-state index contributed by atoms with van der Waals surface area (Å²) in [5.74, 6) is -0.0824. The van der Waals surface area contributed by atoms with Crippen LogP contribution in [0.4, 0.5) is 4.79 Å². The molecular weight excluding hydrogens is 320 g/mol. The highest BCUT2D eigenvalue weighted by molar-refractivity contribution is 6.07. The molecular formula is C19H26N2O4. The number of benzene rings is 1. The molecule has 3 rings (SSSR count). The van der Waals surface area contributed by atoms with Crippen molar-refractivity contribution in [1.82, 2.24) is 10.2 Å². The maximum atomic E-state index is 12.8. The quantitative estimate of drug-likeness (QED) is 0.773. The van der Waals surface area contributed by atoms with Gasteiger partial charge in [0.1, 0.15) is 5.54 Å². The summed E-state index contributed by atoms with van der Waals surface area (Å²) in [7, 11) is 0. The topological polar surface area (TPSA) is 78.9 Å². The van der Waals surface area contributed by atoms with Crippen LogP contribution in [0.3, 0.4) is 0 Å².